The molecule has 0 aliphatic carbocycles. The van der Waals surface area contributed by atoms with E-state index in [1.165, 1.54) is 17.5 Å². The van der Waals surface area contributed by atoms with Crippen LogP contribution in [0.25, 0.3) is 0 Å². The average Bonchev–Trinajstić information content (AvgIpc) is 2.28. The smallest absolute Gasteiger partial charge is 0.0409 e. The summed E-state index contributed by atoms with van der Waals surface area (Å²) in [5, 5.41) is 4.24. The zero-order chi connectivity index (χ0) is 9.26. The molecule has 0 aromatic heterocycles. The number of hydrogen-bond donors (Lipinski definition) is 1. The molecule has 1 aliphatic heterocycles. The number of rotatable bonds is 0. The predicted molar refractivity (Wildman–Crippen MR) is 56.2 cm³/mol. The van der Waals surface area contributed by atoms with Crippen molar-refractivity contribution in [3.05, 3.63) is 34.3 Å². The molecule has 0 radical (unpaired) electrons. The first-order valence-corrected chi connectivity index (χ1v) is 5.14. The molecule has 1 aromatic carbocycles. The second-order valence-electron chi connectivity index (χ2n) is 3.71. The van der Waals surface area contributed by atoms with Crippen molar-refractivity contribution >= 4 is 11.6 Å². The summed E-state index contributed by atoms with van der Waals surface area (Å²) in [6.07, 6.45) is 1.22. The van der Waals surface area contributed by atoms with Gasteiger partial charge in [0.25, 0.3) is 0 Å². The summed E-state index contributed by atoms with van der Waals surface area (Å²) in [6.45, 7) is 4.34. The SMILES string of the molecule is CC1CCNCc2cc(Cl)ccc21. The van der Waals surface area contributed by atoms with Gasteiger partial charge in [0.15, 0.2) is 0 Å². The summed E-state index contributed by atoms with van der Waals surface area (Å²) in [5.41, 5.74) is 2.81. The highest BCUT2D eigenvalue weighted by Crippen LogP contribution is 2.27. The molecule has 0 saturated heterocycles. The third-order valence-electron chi connectivity index (χ3n) is 2.71. The molecule has 0 spiro atoms. The van der Waals surface area contributed by atoms with Crippen LogP contribution in [0.1, 0.15) is 30.4 Å². The Labute approximate surface area is 84.1 Å². The predicted octanol–water partition coefficient (Wildman–Crippen LogP) is 2.94. The summed E-state index contributed by atoms with van der Waals surface area (Å²) in [7, 11) is 0. The van der Waals surface area contributed by atoms with Crippen molar-refractivity contribution in [2.24, 2.45) is 0 Å². The molecule has 0 bridgehead atoms. The molecule has 2 heteroatoms. The Kier molecular flexibility index (Phi) is 2.56. The van der Waals surface area contributed by atoms with Crippen LogP contribution in [0, 0.1) is 0 Å². The maximum Gasteiger partial charge on any atom is 0.0409 e. The third kappa shape index (κ3) is 1.87. The zero-order valence-electron chi connectivity index (χ0n) is 7.81. The van der Waals surface area contributed by atoms with Gasteiger partial charge in [-0.25, -0.2) is 0 Å². The second-order valence-corrected chi connectivity index (χ2v) is 4.15. The molecule has 1 nitrogen and oxygen atoms in total. The van der Waals surface area contributed by atoms with Gasteiger partial charge >= 0.3 is 0 Å². The number of hydrogen-bond acceptors (Lipinski definition) is 1. The molecule has 70 valence electrons. The van der Waals surface area contributed by atoms with Gasteiger partial charge in [0.2, 0.25) is 0 Å². The van der Waals surface area contributed by atoms with Crippen LogP contribution in [-0.4, -0.2) is 6.54 Å². The van der Waals surface area contributed by atoms with Crippen molar-refractivity contribution in [2.75, 3.05) is 6.54 Å². The van der Waals surface area contributed by atoms with Crippen molar-refractivity contribution in [1.29, 1.82) is 0 Å². The Morgan fingerprint density at radius 3 is 3.15 bits per heavy atom. The van der Waals surface area contributed by atoms with E-state index in [1.807, 2.05) is 6.07 Å². The molecule has 1 aliphatic rings. The fourth-order valence-electron chi connectivity index (χ4n) is 1.91. The molecule has 1 heterocycles. The maximum atomic E-state index is 5.95. The Hall–Kier alpha value is -0.530. The monoisotopic (exact) mass is 195 g/mol. The van der Waals surface area contributed by atoms with E-state index in [4.69, 9.17) is 11.6 Å². The van der Waals surface area contributed by atoms with E-state index in [-0.39, 0.29) is 0 Å². The Bertz CT molecular complexity index is 309. The molecule has 2 rings (SSSR count). The molecule has 1 unspecified atom stereocenters. The minimum atomic E-state index is 0.655. The zero-order valence-corrected chi connectivity index (χ0v) is 8.56. The Morgan fingerprint density at radius 2 is 2.31 bits per heavy atom. The third-order valence-corrected chi connectivity index (χ3v) is 2.94. The van der Waals surface area contributed by atoms with Gasteiger partial charge in [0, 0.05) is 11.6 Å². The van der Waals surface area contributed by atoms with Gasteiger partial charge in [-0.3, -0.25) is 0 Å². The highest BCUT2D eigenvalue weighted by atomic mass is 35.5. The van der Waals surface area contributed by atoms with Crippen molar-refractivity contribution < 1.29 is 0 Å². The van der Waals surface area contributed by atoms with Crippen LogP contribution in [0.2, 0.25) is 5.02 Å². The summed E-state index contributed by atoms with van der Waals surface area (Å²) >= 11 is 5.95. The number of nitrogens with one attached hydrogen (secondary N) is 1. The highest BCUT2D eigenvalue weighted by Gasteiger charge is 2.13. The Balaban J connectivity index is 2.42. The molecule has 0 saturated carbocycles. The largest absolute Gasteiger partial charge is 0.313 e. The topological polar surface area (TPSA) is 12.0 Å². The minimum absolute atomic E-state index is 0.655. The molecule has 13 heavy (non-hydrogen) atoms. The lowest BCUT2D eigenvalue weighted by molar-refractivity contribution is 0.630. The number of benzene rings is 1. The van der Waals surface area contributed by atoms with Gasteiger partial charge in [-0.2, -0.15) is 0 Å². The van der Waals surface area contributed by atoms with Gasteiger partial charge in [0.1, 0.15) is 0 Å². The van der Waals surface area contributed by atoms with Crippen LogP contribution in [0.5, 0.6) is 0 Å². The van der Waals surface area contributed by atoms with Crippen LogP contribution in [0.3, 0.4) is 0 Å². The molecule has 0 amide bonds. The summed E-state index contributed by atoms with van der Waals surface area (Å²) in [4.78, 5) is 0. The second kappa shape index (κ2) is 3.69. The van der Waals surface area contributed by atoms with E-state index in [0.717, 1.165) is 18.1 Å². The average molecular weight is 196 g/mol. The standard InChI is InChI=1S/C11H14ClN/c1-8-4-5-13-7-9-6-10(12)2-3-11(8)9/h2-3,6,8,13H,4-5,7H2,1H3. The summed E-state index contributed by atoms with van der Waals surface area (Å²) in [5.74, 6) is 0.655. The molecule has 1 aromatic rings. The van der Waals surface area contributed by atoms with Crippen LogP contribution >= 0.6 is 11.6 Å². The lowest BCUT2D eigenvalue weighted by Gasteiger charge is -2.11. The van der Waals surface area contributed by atoms with Crippen molar-refractivity contribution in [1.82, 2.24) is 5.32 Å². The lowest BCUT2D eigenvalue weighted by Crippen LogP contribution is -2.12. The molecule has 1 atom stereocenters. The first-order valence-electron chi connectivity index (χ1n) is 4.76. The van der Waals surface area contributed by atoms with Gasteiger partial charge < -0.3 is 5.32 Å². The summed E-state index contributed by atoms with van der Waals surface area (Å²) in [6, 6.07) is 6.23. The van der Waals surface area contributed by atoms with Crippen molar-refractivity contribution in [3.8, 4) is 0 Å². The highest BCUT2D eigenvalue weighted by molar-refractivity contribution is 6.30. The fraction of sp³-hybridized carbons (Fsp3) is 0.455. The maximum absolute atomic E-state index is 5.95. The quantitative estimate of drug-likeness (QED) is 0.671. The van der Waals surface area contributed by atoms with E-state index < -0.39 is 0 Å². The van der Waals surface area contributed by atoms with E-state index in [0.29, 0.717) is 5.92 Å². The van der Waals surface area contributed by atoms with E-state index in [9.17, 15) is 0 Å². The molecular formula is C11H14ClN. The van der Waals surface area contributed by atoms with E-state index >= 15 is 0 Å². The van der Waals surface area contributed by atoms with Gasteiger partial charge in [-0.15, -0.1) is 0 Å². The first kappa shape index (κ1) is 9.04. The Morgan fingerprint density at radius 1 is 1.46 bits per heavy atom. The van der Waals surface area contributed by atoms with Crippen molar-refractivity contribution in [2.45, 2.75) is 25.8 Å². The van der Waals surface area contributed by atoms with Crippen LogP contribution < -0.4 is 5.32 Å². The van der Waals surface area contributed by atoms with Gasteiger partial charge in [-0.05, 0) is 42.1 Å². The van der Waals surface area contributed by atoms with Gasteiger partial charge in [-0.1, -0.05) is 24.6 Å². The fourth-order valence-corrected chi connectivity index (χ4v) is 2.10. The molecule has 0 fully saturated rings. The van der Waals surface area contributed by atoms with Gasteiger partial charge in [0.05, 0.1) is 0 Å². The van der Waals surface area contributed by atoms with E-state index in [1.54, 1.807) is 0 Å². The first-order chi connectivity index (χ1) is 6.27. The number of halogens is 1. The number of fused-ring (bicyclic) bond motifs is 1. The van der Waals surface area contributed by atoms with Crippen LogP contribution in [0.15, 0.2) is 18.2 Å². The minimum Gasteiger partial charge on any atom is -0.313 e. The van der Waals surface area contributed by atoms with Crippen LogP contribution in [-0.2, 0) is 6.54 Å². The van der Waals surface area contributed by atoms with Crippen molar-refractivity contribution in [3.63, 3.8) is 0 Å². The molecule has 1 N–H and O–H groups in total. The summed E-state index contributed by atoms with van der Waals surface area (Å²) < 4.78 is 0. The van der Waals surface area contributed by atoms with Crippen LogP contribution in [0.4, 0.5) is 0 Å². The molecular weight excluding hydrogens is 182 g/mol. The lowest BCUT2D eigenvalue weighted by atomic mass is 9.95. The van der Waals surface area contributed by atoms with E-state index in [2.05, 4.69) is 24.4 Å². The normalized spacial score (nSPS) is 22.2.